The van der Waals surface area contributed by atoms with E-state index in [4.69, 9.17) is 11.6 Å². The first kappa shape index (κ1) is 18.7. The fourth-order valence-electron chi connectivity index (χ4n) is 2.16. The fraction of sp³-hybridized carbons (Fsp3) is 0.0556. The van der Waals surface area contributed by atoms with Gasteiger partial charge in [0.15, 0.2) is 17.5 Å². The number of carbonyl (C=O) groups excluding carboxylic acids is 1. The Kier molecular flexibility index (Phi) is 5.56. The van der Waals surface area contributed by atoms with Gasteiger partial charge in [-0.3, -0.25) is 4.79 Å². The van der Waals surface area contributed by atoms with Crippen molar-refractivity contribution in [2.24, 2.45) is 0 Å². The molecule has 9 heteroatoms. The quantitative estimate of drug-likeness (QED) is 0.631. The molecule has 0 unspecified atom stereocenters. The van der Waals surface area contributed by atoms with Crippen LogP contribution in [0.15, 0.2) is 48.7 Å². The minimum absolute atomic E-state index is 0.0762. The second-order valence-corrected chi connectivity index (χ2v) is 5.86. The lowest BCUT2D eigenvalue weighted by atomic mass is 10.2. The van der Waals surface area contributed by atoms with Crippen molar-refractivity contribution in [1.29, 1.82) is 0 Å². The Labute approximate surface area is 157 Å². The molecule has 27 heavy (non-hydrogen) atoms. The number of benzene rings is 2. The molecule has 0 bridgehead atoms. The zero-order valence-electron chi connectivity index (χ0n) is 13.6. The zero-order valence-corrected chi connectivity index (χ0v) is 14.4. The monoisotopic (exact) mass is 392 g/mol. The minimum Gasteiger partial charge on any atom is -0.350 e. The molecule has 138 valence electrons. The standard InChI is InChI=1S/C18H12ClF3N4O/c19-11-3-1-10(2-4-11)9-24-18-23-8-7-14(26-18)17(27)25-13-6-5-12(20)15(21)16(13)22/h1-8H,9H2,(H,25,27)(H,23,24,26). The third-order valence-corrected chi connectivity index (χ3v) is 3.79. The number of hydrogen-bond acceptors (Lipinski definition) is 4. The maximum absolute atomic E-state index is 13.7. The van der Waals surface area contributed by atoms with Crippen LogP contribution in [0.5, 0.6) is 0 Å². The van der Waals surface area contributed by atoms with E-state index >= 15 is 0 Å². The van der Waals surface area contributed by atoms with Gasteiger partial charge in [0.25, 0.3) is 5.91 Å². The molecule has 0 aliphatic carbocycles. The van der Waals surface area contributed by atoms with Crippen molar-refractivity contribution < 1.29 is 18.0 Å². The molecule has 1 heterocycles. The van der Waals surface area contributed by atoms with Crippen LogP contribution in [0.4, 0.5) is 24.8 Å². The van der Waals surface area contributed by atoms with E-state index in [0.717, 1.165) is 11.6 Å². The van der Waals surface area contributed by atoms with E-state index < -0.39 is 29.0 Å². The Morgan fingerprint density at radius 1 is 1.00 bits per heavy atom. The van der Waals surface area contributed by atoms with E-state index in [2.05, 4.69) is 20.6 Å². The number of hydrogen-bond donors (Lipinski definition) is 2. The van der Waals surface area contributed by atoms with Gasteiger partial charge in [0, 0.05) is 17.8 Å². The van der Waals surface area contributed by atoms with Crippen molar-refractivity contribution in [2.45, 2.75) is 6.54 Å². The van der Waals surface area contributed by atoms with Crippen LogP contribution in [0.25, 0.3) is 0 Å². The molecule has 0 fully saturated rings. The molecule has 3 aromatic rings. The number of amides is 1. The first-order chi connectivity index (χ1) is 12.9. The predicted octanol–water partition coefficient (Wildman–Crippen LogP) is 4.41. The van der Waals surface area contributed by atoms with Gasteiger partial charge >= 0.3 is 0 Å². The zero-order chi connectivity index (χ0) is 19.4. The molecule has 0 aliphatic rings. The number of rotatable bonds is 5. The average molecular weight is 393 g/mol. The smallest absolute Gasteiger partial charge is 0.274 e. The van der Waals surface area contributed by atoms with E-state index in [1.165, 1.54) is 12.3 Å². The van der Waals surface area contributed by atoms with Gasteiger partial charge in [0.1, 0.15) is 5.69 Å². The Morgan fingerprint density at radius 2 is 1.74 bits per heavy atom. The summed E-state index contributed by atoms with van der Waals surface area (Å²) in [7, 11) is 0. The highest BCUT2D eigenvalue weighted by molar-refractivity contribution is 6.30. The highest BCUT2D eigenvalue weighted by Gasteiger charge is 2.17. The van der Waals surface area contributed by atoms with Crippen molar-refractivity contribution in [1.82, 2.24) is 9.97 Å². The van der Waals surface area contributed by atoms with Gasteiger partial charge in [-0.1, -0.05) is 23.7 Å². The molecule has 0 spiro atoms. The maximum atomic E-state index is 13.7. The van der Waals surface area contributed by atoms with Gasteiger partial charge in [-0.05, 0) is 35.9 Å². The van der Waals surface area contributed by atoms with Gasteiger partial charge in [0.2, 0.25) is 5.95 Å². The summed E-state index contributed by atoms with van der Waals surface area (Å²) < 4.78 is 39.9. The van der Waals surface area contributed by atoms with Gasteiger partial charge < -0.3 is 10.6 Å². The van der Waals surface area contributed by atoms with Crippen LogP contribution >= 0.6 is 11.6 Å². The van der Waals surface area contributed by atoms with Crippen LogP contribution in [0.1, 0.15) is 16.1 Å². The van der Waals surface area contributed by atoms with Crippen LogP contribution in [-0.2, 0) is 6.54 Å². The molecule has 0 saturated carbocycles. The second-order valence-electron chi connectivity index (χ2n) is 5.42. The maximum Gasteiger partial charge on any atom is 0.274 e. The lowest BCUT2D eigenvalue weighted by Gasteiger charge is -2.09. The molecule has 0 saturated heterocycles. The first-order valence-electron chi connectivity index (χ1n) is 7.70. The van der Waals surface area contributed by atoms with E-state index in [1.54, 1.807) is 12.1 Å². The van der Waals surface area contributed by atoms with Crippen LogP contribution in [0.3, 0.4) is 0 Å². The molecule has 2 aromatic carbocycles. The minimum atomic E-state index is -1.67. The molecule has 1 amide bonds. The van der Waals surface area contributed by atoms with Gasteiger partial charge in [-0.2, -0.15) is 0 Å². The number of nitrogens with zero attached hydrogens (tertiary/aromatic N) is 2. The Morgan fingerprint density at radius 3 is 2.48 bits per heavy atom. The van der Waals surface area contributed by atoms with Gasteiger partial charge in [-0.15, -0.1) is 0 Å². The number of anilines is 2. The topological polar surface area (TPSA) is 66.9 Å². The number of nitrogens with one attached hydrogen (secondary N) is 2. The van der Waals surface area contributed by atoms with Crippen LogP contribution in [0, 0.1) is 17.5 Å². The number of carbonyl (C=O) groups is 1. The summed E-state index contributed by atoms with van der Waals surface area (Å²) in [6.07, 6.45) is 1.34. The van der Waals surface area contributed by atoms with Crippen LogP contribution in [0.2, 0.25) is 5.02 Å². The van der Waals surface area contributed by atoms with E-state index in [0.29, 0.717) is 17.6 Å². The number of aromatic nitrogens is 2. The molecule has 0 aliphatic heterocycles. The lowest BCUT2D eigenvalue weighted by molar-refractivity contribution is 0.102. The van der Waals surface area contributed by atoms with Gasteiger partial charge in [0.05, 0.1) is 5.69 Å². The molecule has 5 nitrogen and oxygen atoms in total. The molecule has 0 radical (unpaired) electrons. The Bertz CT molecular complexity index is 983. The van der Waals surface area contributed by atoms with E-state index in [-0.39, 0.29) is 11.6 Å². The summed E-state index contributed by atoms with van der Waals surface area (Å²) in [5.74, 6) is -5.12. The van der Waals surface area contributed by atoms with Crippen molar-refractivity contribution >= 4 is 29.1 Å². The fourth-order valence-corrected chi connectivity index (χ4v) is 2.29. The SMILES string of the molecule is O=C(Nc1ccc(F)c(F)c1F)c1ccnc(NCc2ccc(Cl)cc2)n1. The van der Waals surface area contributed by atoms with E-state index in [9.17, 15) is 18.0 Å². The summed E-state index contributed by atoms with van der Waals surface area (Å²) >= 11 is 5.82. The second kappa shape index (κ2) is 8.05. The molecule has 2 N–H and O–H groups in total. The summed E-state index contributed by atoms with van der Waals surface area (Å²) in [6.45, 7) is 0.389. The average Bonchev–Trinajstić information content (AvgIpc) is 2.68. The summed E-state index contributed by atoms with van der Waals surface area (Å²) in [4.78, 5) is 20.2. The predicted molar refractivity (Wildman–Crippen MR) is 95.1 cm³/mol. The van der Waals surface area contributed by atoms with E-state index in [1.807, 2.05) is 12.1 Å². The molecule has 0 atom stereocenters. The lowest BCUT2D eigenvalue weighted by Crippen LogP contribution is -2.16. The van der Waals surface area contributed by atoms with Gasteiger partial charge in [-0.25, -0.2) is 23.1 Å². The molecular weight excluding hydrogens is 381 g/mol. The highest BCUT2D eigenvalue weighted by Crippen LogP contribution is 2.20. The third kappa shape index (κ3) is 4.53. The molecular formula is C18H12ClF3N4O. The Hall–Kier alpha value is -3.13. The normalized spacial score (nSPS) is 10.5. The van der Waals surface area contributed by atoms with Crippen LogP contribution in [-0.4, -0.2) is 15.9 Å². The molecule has 3 rings (SSSR count). The third-order valence-electron chi connectivity index (χ3n) is 3.54. The Balaban J connectivity index is 1.70. The van der Waals surface area contributed by atoms with Crippen molar-refractivity contribution in [2.75, 3.05) is 10.6 Å². The number of halogens is 4. The largest absolute Gasteiger partial charge is 0.350 e. The highest BCUT2D eigenvalue weighted by atomic mass is 35.5. The summed E-state index contributed by atoms with van der Waals surface area (Å²) in [5.41, 5.74) is 0.350. The van der Waals surface area contributed by atoms with Crippen molar-refractivity contribution in [3.8, 4) is 0 Å². The molecule has 1 aromatic heterocycles. The summed E-state index contributed by atoms with van der Waals surface area (Å²) in [6, 6.07) is 10.1. The summed E-state index contributed by atoms with van der Waals surface area (Å²) in [5, 5.41) is 5.70. The van der Waals surface area contributed by atoms with Crippen molar-refractivity contribution in [3.63, 3.8) is 0 Å². The van der Waals surface area contributed by atoms with Crippen molar-refractivity contribution in [3.05, 3.63) is 82.4 Å². The first-order valence-corrected chi connectivity index (χ1v) is 8.08. The van der Waals surface area contributed by atoms with Crippen LogP contribution < -0.4 is 10.6 Å².